The van der Waals surface area contributed by atoms with Crippen LogP contribution in [0.2, 0.25) is 0 Å². The molecule has 17 nitrogen and oxygen atoms in total. The first-order chi connectivity index (χ1) is 50.7. The molecule has 0 saturated carbocycles. The second kappa shape index (κ2) is 78.2. The third kappa shape index (κ3) is 77.2. The third-order valence-electron chi connectivity index (χ3n) is 18.8. The van der Waals surface area contributed by atoms with Crippen LogP contribution in [0.3, 0.4) is 0 Å². The van der Waals surface area contributed by atoms with Crippen LogP contribution in [-0.4, -0.2) is 96.7 Å². The zero-order chi connectivity index (χ0) is 76.0. The first-order valence-corrected chi connectivity index (χ1v) is 45.9. The number of hydrogen-bond donors (Lipinski definition) is 3. The fraction of sp³-hybridized carbons (Fsp3) is 0.859. The van der Waals surface area contributed by atoms with Crippen molar-refractivity contribution >= 4 is 39.5 Å². The molecule has 0 heterocycles. The molecule has 0 amide bonds. The lowest BCUT2D eigenvalue weighted by Gasteiger charge is -2.21. The van der Waals surface area contributed by atoms with Crippen LogP contribution in [0.25, 0.3) is 0 Å². The number of ether oxygens (including phenoxy) is 4. The van der Waals surface area contributed by atoms with Gasteiger partial charge in [-0.05, 0) is 64.2 Å². The van der Waals surface area contributed by atoms with Crippen molar-refractivity contribution in [2.75, 3.05) is 39.6 Å². The largest absolute Gasteiger partial charge is 0.472 e. The Morgan fingerprint density at radius 3 is 0.760 bits per heavy atom. The Morgan fingerprint density at radius 2 is 0.481 bits per heavy atom. The van der Waals surface area contributed by atoms with E-state index in [0.717, 1.165) is 96.3 Å². The number of carbonyl (C=O) groups excluding carboxylic acids is 4. The summed E-state index contributed by atoms with van der Waals surface area (Å²) in [6, 6.07) is 0. The maximum Gasteiger partial charge on any atom is 0.472 e. The number of rotatable bonds is 82. The number of carbonyl (C=O) groups is 4. The Kier molecular flexibility index (Phi) is 75.9. The molecule has 0 aromatic heterocycles. The molecule has 0 fully saturated rings. The molecule has 0 rings (SSSR count). The van der Waals surface area contributed by atoms with Gasteiger partial charge in [0.05, 0.1) is 26.4 Å². The minimum Gasteiger partial charge on any atom is -0.462 e. The van der Waals surface area contributed by atoms with E-state index >= 15 is 0 Å². The average Bonchev–Trinajstić information content (AvgIpc) is 0.926. The molecule has 19 heteroatoms. The highest BCUT2D eigenvalue weighted by molar-refractivity contribution is 7.47. The molecule has 104 heavy (non-hydrogen) atoms. The summed E-state index contributed by atoms with van der Waals surface area (Å²) >= 11 is 0. The van der Waals surface area contributed by atoms with Crippen molar-refractivity contribution in [1.29, 1.82) is 0 Å². The second-order valence-electron chi connectivity index (χ2n) is 29.2. The Balaban J connectivity index is 5.35. The predicted octanol–water partition coefficient (Wildman–Crippen LogP) is 25.2. The molecule has 0 aliphatic rings. The van der Waals surface area contributed by atoms with Gasteiger partial charge >= 0.3 is 39.5 Å². The van der Waals surface area contributed by atoms with Gasteiger partial charge in [0.25, 0.3) is 0 Å². The lowest BCUT2D eigenvalue weighted by molar-refractivity contribution is -0.161. The highest BCUT2D eigenvalue weighted by Gasteiger charge is 2.30. The van der Waals surface area contributed by atoms with Crippen LogP contribution in [0.15, 0.2) is 48.6 Å². The molecule has 0 aliphatic heterocycles. The number of allylic oxidation sites excluding steroid dienone is 8. The topological polar surface area (TPSA) is 237 Å². The zero-order valence-corrected chi connectivity index (χ0v) is 68.8. The van der Waals surface area contributed by atoms with Crippen LogP contribution in [0.1, 0.15) is 413 Å². The molecular formula is C85H158O17P2. The minimum atomic E-state index is -4.98. The summed E-state index contributed by atoms with van der Waals surface area (Å²) in [5, 5.41) is 10.7. The predicted molar refractivity (Wildman–Crippen MR) is 427 cm³/mol. The van der Waals surface area contributed by atoms with E-state index in [0.29, 0.717) is 32.1 Å². The Labute approximate surface area is 636 Å². The van der Waals surface area contributed by atoms with E-state index in [4.69, 9.17) is 37.0 Å². The molecule has 610 valence electrons. The van der Waals surface area contributed by atoms with Gasteiger partial charge in [0.1, 0.15) is 19.3 Å². The van der Waals surface area contributed by atoms with E-state index in [-0.39, 0.29) is 25.7 Å². The van der Waals surface area contributed by atoms with Crippen LogP contribution >= 0.6 is 15.6 Å². The third-order valence-corrected chi connectivity index (χ3v) is 20.7. The molecule has 0 spiro atoms. The van der Waals surface area contributed by atoms with Gasteiger partial charge in [-0.1, -0.05) is 372 Å². The van der Waals surface area contributed by atoms with Crippen LogP contribution in [0, 0.1) is 0 Å². The van der Waals surface area contributed by atoms with Crippen molar-refractivity contribution in [3.8, 4) is 0 Å². The van der Waals surface area contributed by atoms with Crippen molar-refractivity contribution in [3.05, 3.63) is 48.6 Å². The Morgan fingerprint density at radius 1 is 0.269 bits per heavy atom. The number of phosphoric acid groups is 2. The second-order valence-corrected chi connectivity index (χ2v) is 32.1. The fourth-order valence-electron chi connectivity index (χ4n) is 12.3. The summed E-state index contributed by atoms with van der Waals surface area (Å²) in [6.07, 6.45) is 77.9. The molecule has 5 atom stereocenters. The van der Waals surface area contributed by atoms with Crippen molar-refractivity contribution in [1.82, 2.24) is 0 Å². The normalized spacial score (nSPS) is 14.0. The number of hydrogen-bond acceptors (Lipinski definition) is 15. The number of unbranched alkanes of at least 4 members (excludes halogenated alkanes) is 48. The summed E-state index contributed by atoms with van der Waals surface area (Å²) < 4.78 is 68.8. The highest BCUT2D eigenvalue weighted by atomic mass is 31.2. The minimum absolute atomic E-state index is 0.0918. The highest BCUT2D eigenvalue weighted by Crippen LogP contribution is 2.45. The van der Waals surface area contributed by atoms with Gasteiger partial charge in [-0.15, -0.1) is 0 Å². The van der Waals surface area contributed by atoms with E-state index in [1.165, 1.54) is 231 Å². The number of esters is 4. The number of phosphoric ester groups is 2. The van der Waals surface area contributed by atoms with Gasteiger partial charge in [0.2, 0.25) is 0 Å². The molecule has 2 unspecified atom stereocenters. The Bertz CT molecular complexity index is 2150. The van der Waals surface area contributed by atoms with Gasteiger partial charge in [0, 0.05) is 25.7 Å². The molecule has 0 aliphatic carbocycles. The monoisotopic (exact) mass is 1510 g/mol. The lowest BCUT2D eigenvalue weighted by Crippen LogP contribution is -2.30. The average molecular weight is 1510 g/mol. The molecule has 0 aromatic rings. The Hall–Kier alpha value is -2.98. The van der Waals surface area contributed by atoms with Gasteiger partial charge in [0.15, 0.2) is 12.2 Å². The van der Waals surface area contributed by atoms with Crippen LogP contribution in [0.4, 0.5) is 0 Å². The van der Waals surface area contributed by atoms with Gasteiger partial charge in [-0.3, -0.25) is 37.3 Å². The van der Waals surface area contributed by atoms with Crippen LogP contribution in [-0.2, 0) is 65.4 Å². The van der Waals surface area contributed by atoms with Gasteiger partial charge < -0.3 is 33.8 Å². The van der Waals surface area contributed by atoms with Crippen LogP contribution < -0.4 is 0 Å². The maximum atomic E-state index is 13.1. The molecular weight excluding hydrogens is 1350 g/mol. The van der Waals surface area contributed by atoms with Gasteiger partial charge in [-0.25, -0.2) is 9.13 Å². The number of aliphatic hydroxyl groups excluding tert-OH is 1. The van der Waals surface area contributed by atoms with Crippen molar-refractivity contribution in [2.45, 2.75) is 431 Å². The molecule has 0 radical (unpaired) electrons. The first-order valence-electron chi connectivity index (χ1n) is 42.9. The molecule has 0 bridgehead atoms. The number of aliphatic hydroxyl groups is 1. The molecule has 0 saturated heterocycles. The molecule has 3 N–H and O–H groups in total. The van der Waals surface area contributed by atoms with E-state index in [1.54, 1.807) is 0 Å². The van der Waals surface area contributed by atoms with E-state index in [1.807, 2.05) is 12.2 Å². The maximum absolute atomic E-state index is 13.1. The van der Waals surface area contributed by atoms with Crippen molar-refractivity contribution in [2.24, 2.45) is 0 Å². The standard InChI is InChI=1S/C85H158O17P2/c1-5-9-13-17-21-25-29-33-37-39-43-46-50-54-58-62-66-70-83(88)96-76-81(102-85(90)72-68-64-60-56-52-48-44-40-38-34-30-26-22-18-14-10-6-2)78-100-104(93,94)98-74-79(86)73-97-103(91,92)99-77-80(101-84(89)71-67-63-59-55-51-47-42-36-32-28-24-20-16-12-8-4)75-95-82(87)69-65-61-57-53-49-45-41-35-31-27-23-19-15-11-7-3/h21,25,33,37,43,46,54,58,79-81,86H,5-20,22-24,26-32,34-36,38-42,44-45,47-53,55-57,59-78H2,1-4H3,(H,91,92)(H,93,94)/b25-21-,37-33-,46-43-,58-54-/t79-,80-,81-/m1/s1. The fourth-order valence-corrected chi connectivity index (χ4v) is 13.9. The van der Waals surface area contributed by atoms with Crippen molar-refractivity contribution < 1.29 is 80.2 Å². The summed E-state index contributed by atoms with van der Waals surface area (Å²) in [4.78, 5) is 73.2. The quantitative estimate of drug-likeness (QED) is 0.0169. The summed E-state index contributed by atoms with van der Waals surface area (Å²) in [5.41, 5.74) is 0. The van der Waals surface area contributed by atoms with E-state index in [2.05, 4.69) is 64.2 Å². The SMILES string of the molecule is CCCCC/C=C\C/C=C\C/C=C\C/C=C\CCCC(=O)OC[C@H](COP(=O)(O)OC[C@H](O)COP(=O)(O)OC[C@@H](COC(=O)CCCCCCCCCCCCCCCCC)OC(=O)CCCCCCCCCCCCCCCCC)OC(=O)CCCCCCCCCCCCCCCCCCC. The van der Waals surface area contributed by atoms with Gasteiger partial charge in [-0.2, -0.15) is 0 Å². The lowest BCUT2D eigenvalue weighted by atomic mass is 10.0. The van der Waals surface area contributed by atoms with Crippen LogP contribution in [0.5, 0.6) is 0 Å². The van der Waals surface area contributed by atoms with E-state index in [9.17, 15) is 43.2 Å². The van der Waals surface area contributed by atoms with E-state index < -0.39 is 97.5 Å². The summed E-state index contributed by atoms with van der Waals surface area (Å²) in [7, 11) is -9.95. The molecule has 0 aromatic carbocycles. The zero-order valence-electron chi connectivity index (χ0n) is 67.0. The first kappa shape index (κ1) is 101. The summed E-state index contributed by atoms with van der Waals surface area (Å²) in [5.74, 6) is -2.19. The van der Waals surface area contributed by atoms with Crippen molar-refractivity contribution in [3.63, 3.8) is 0 Å². The summed E-state index contributed by atoms with van der Waals surface area (Å²) in [6.45, 7) is 4.92. The smallest absolute Gasteiger partial charge is 0.462 e.